The Balaban J connectivity index is 3.61. The maximum atomic E-state index is 10.5. The molecule has 0 aliphatic heterocycles. The molecule has 0 rings (SSSR count). The topological polar surface area (TPSA) is 37.3 Å². The summed E-state index contributed by atoms with van der Waals surface area (Å²) in [6, 6.07) is 0. The molecular formula is C22H42O2. The molecule has 2 nitrogen and oxygen atoms in total. The summed E-state index contributed by atoms with van der Waals surface area (Å²) in [6.07, 6.45) is 15.0. The summed E-state index contributed by atoms with van der Waals surface area (Å²) in [6.45, 7) is 11.6. The fourth-order valence-corrected chi connectivity index (χ4v) is 3.25. The van der Waals surface area contributed by atoms with Crippen LogP contribution in [0.1, 0.15) is 105 Å². The third-order valence-corrected chi connectivity index (χ3v) is 4.99. The second-order valence-electron chi connectivity index (χ2n) is 8.34. The summed E-state index contributed by atoms with van der Waals surface area (Å²) in [5.41, 5.74) is 1.35. The van der Waals surface area contributed by atoms with Crippen molar-refractivity contribution in [1.29, 1.82) is 0 Å². The summed E-state index contributed by atoms with van der Waals surface area (Å²) in [4.78, 5) is 10.5. The zero-order valence-electron chi connectivity index (χ0n) is 16.9. The van der Waals surface area contributed by atoms with Crippen molar-refractivity contribution in [1.82, 2.24) is 0 Å². The van der Waals surface area contributed by atoms with E-state index < -0.39 is 5.97 Å². The number of aliphatic carboxylic acids is 1. The van der Waals surface area contributed by atoms with Gasteiger partial charge in [0.25, 0.3) is 0 Å². The van der Waals surface area contributed by atoms with Crippen molar-refractivity contribution in [2.45, 2.75) is 105 Å². The zero-order chi connectivity index (χ0) is 18.4. The van der Waals surface area contributed by atoms with E-state index in [1.807, 2.05) is 0 Å². The maximum Gasteiger partial charge on any atom is 0.303 e. The average Bonchev–Trinajstić information content (AvgIpc) is 2.46. The number of carboxylic acid groups (broad SMARTS) is 1. The van der Waals surface area contributed by atoms with Crippen LogP contribution in [-0.2, 0) is 4.79 Å². The number of hydrogen-bond acceptors (Lipinski definition) is 1. The van der Waals surface area contributed by atoms with E-state index in [9.17, 15) is 4.79 Å². The molecule has 0 bridgehead atoms. The Bertz CT molecular complexity index is 344. The van der Waals surface area contributed by atoms with E-state index in [1.165, 1.54) is 56.9 Å². The lowest BCUT2D eigenvalue weighted by atomic mass is 9.91. The minimum atomic E-state index is -0.703. The smallest absolute Gasteiger partial charge is 0.303 e. The van der Waals surface area contributed by atoms with Crippen LogP contribution in [0.15, 0.2) is 11.6 Å². The summed E-state index contributed by atoms with van der Waals surface area (Å²) in [5.74, 6) is 1.85. The minimum absolute atomic E-state index is 0.253. The molecule has 0 saturated heterocycles. The van der Waals surface area contributed by atoms with E-state index in [-0.39, 0.29) is 6.42 Å². The zero-order valence-corrected chi connectivity index (χ0v) is 16.9. The van der Waals surface area contributed by atoms with Crippen molar-refractivity contribution >= 4 is 5.97 Å². The summed E-state index contributed by atoms with van der Waals surface area (Å²) < 4.78 is 0. The third-order valence-electron chi connectivity index (χ3n) is 4.99. The van der Waals surface area contributed by atoms with Gasteiger partial charge in [0.1, 0.15) is 0 Å². The highest BCUT2D eigenvalue weighted by Gasteiger charge is 2.06. The highest BCUT2D eigenvalue weighted by molar-refractivity contribution is 5.66. The van der Waals surface area contributed by atoms with Gasteiger partial charge in [-0.3, -0.25) is 4.79 Å². The van der Waals surface area contributed by atoms with Crippen molar-refractivity contribution in [3.8, 4) is 0 Å². The van der Waals surface area contributed by atoms with Gasteiger partial charge in [0.15, 0.2) is 0 Å². The molecule has 0 aromatic heterocycles. The lowest BCUT2D eigenvalue weighted by Crippen LogP contribution is -2.00. The van der Waals surface area contributed by atoms with Crippen molar-refractivity contribution < 1.29 is 9.90 Å². The van der Waals surface area contributed by atoms with Crippen LogP contribution in [0.25, 0.3) is 0 Å². The lowest BCUT2D eigenvalue weighted by Gasteiger charge is -2.15. The van der Waals surface area contributed by atoms with Gasteiger partial charge in [0.05, 0.1) is 0 Å². The van der Waals surface area contributed by atoms with Crippen LogP contribution in [-0.4, -0.2) is 11.1 Å². The Morgan fingerprint density at radius 2 is 1.33 bits per heavy atom. The Morgan fingerprint density at radius 3 is 1.83 bits per heavy atom. The van der Waals surface area contributed by atoms with Gasteiger partial charge in [0, 0.05) is 6.42 Å². The predicted octanol–water partition coefficient (Wildman–Crippen LogP) is 7.24. The number of rotatable bonds is 15. The first-order valence-electron chi connectivity index (χ1n) is 10.2. The van der Waals surface area contributed by atoms with E-state index >= 15 is 0 Å². The van der Waals surface area contributed by atoms with Crippen LogP contribution in [0.2, 0.25) is 0 Å². The number of carboxylic acids is 1. The maximum absolute atomic E-state index is 10.5. The molecule has 0 saturated carbocycles. The Hall–Kier alpha value is -0.790. The SMILES string of the molecule is C/C(=C\CCC(=O)O)CCCC(C)CCCC(C)CCCC(C)C. The molecule has 0 aromatic rings. The Kier molecular flexibility index (Phi) is 14.1. The van der Waals surface area contributed by atoms with Crippen molar-refractivity contribution in [3.63, 3.8) is 0 Å². The molecule has 1 N–H and O–H groups in total. The van der Waals surface area contributed by atoms with E-state index in [1.54, 1.807) is 0 Å². The van der Waals surface area contributed by atoms with Gasteiger partial charge >= 0.3 is 5.97 Å². The fourth-order valence-electron chi connectivity index (χ4n) is 3.25. The molecule has 0 aliphatic rings. The van der Waals surface area contributed by atoms with Crippen molar-refractivity contribution in [2.75, 3.05) is 0 Å². The van der Waals surface area contributed by atoms with Gasteiger partial charge in [-0.25, -0.2) is 0 Å². The molecule has 0 radical (unpaired) electrons. The van der Waals surface area contributed by atoms with Gasteiger partial charge in [-0.15, -0.1) is 0 Å². The van der Waals surface area contributed by atoms with Crippen LogP contribution in [0.5, 0.6) is 0 Å². The number of hydrogen-bond donors (Lipinski definition) is 1. The standard InChI is InChI=1S/C22H42O2/c1-18(2)10-6-11-19(3)12-7-13-20(4)14-8-15-21(5)16-9-17-22(23)24/h16,18-20H,6-15,17H2,1-5H3,(H,23,24)/b21-16+. The normalized spacial score (nSPS) is 14.8. The summed E-state index contributed by atoms with van der Waals surface area (Å²) in [7, 11) is 0. The molecule has 24 heavy (non-hydrogen) atoms. The number of allylic oxidation sites excluding steroid dienone is 2. The van der Waals surface area contributed by atoms with Crippen LogP contribution >= 0.6 is 0 Å². The first-order valence-corrected chi connectivity index (χ1v) is 10.2. The highest BCUT2D eigenvalue weighted by atomic mass is 16.4. The Morgan fingerprint density at radius 1 is 0.833 bits per heavy atom. The monoisotopic (exact) mass is 338 g/mol. The van der Waals surface area contributed by atoms with Crippen LogP contribution in [0, 0.1) is 17.8 Å². The largest absolute Gasteiger partial charge is 0.481 e. The van der Waals surface area contributed by atoms with Crippen LogP contribution in [0.3, 0.4) is 0 Å². The highest BCUT2D eigenvalue weighted by Crippen LogP contribution is 2.22. The molecular weight excluding hydrogens is 296 g/mol. The molecule has 2 atom stereocenters. The van der Waals surface area contributed by atoms with Crippen molar-refractivity contribution in [2.24, 2.45) is 17.8 Å². The van der Waals surface area contributed by atoms with Gasteiger partial charge in [-0.05, 0) is 43.9 Å². The molecule has 2 heteroatoms. The van der Waals surface area contributed by atoms with E-state index in [4.69, 9.17) is 5.11 Å². The second kappa shape index (κ2) is 14.5. The number of carbonyl (C=O) groups is 1. The quantitative estimate of drug-likeness (QED) is 0.320. The molecule has 0 aromatic carbocycles. The molecule has 142 valence electrons. The van der Waals surface area contributed by atoms with Gasteiger partial charge in [-0.2, -0.15) is 0 Å². The van der Waals surface area contributed by atoms with Crippen LogP contribution < -0.4 is 0 Å². The van der Waals surface area contributed by atoms with Crippen LogP contribution in [0.4, 0.5) is 0 Å². The summed E-state index contributed by atoms with van der Waals surface area (Å²) in [5, 5.41) is 8.64. The molecule has 0 fully saturated rings. The van der Waals surface area contributed by atoms with E-state index in [0.717, 1.165) is 24.2 Å². The molecule has 2 unspecified atom stereocenters. The predicted molar refractivity (Wildman–Crippen MR) is 105 cm³/mol. The molecule has 0 aliphatic carbocycles. The average molecular weight is 339 g/mol. The Labute approximate surface area is 151 Å². The van der Waals surface area contributed by atoms with Gasteiger partial charge < -0.3 is 5.11 Å². The van der Waals surface area contributed by atoms with E-state index in [2.05, 4.69) is 40.7 Å². The van der Waals surface area contributed by atoms with E-state index in [0.29, 0.717) is 6.42 Å². The first kappa shape index (κ1) is 23.2. The second-order valence-corrected chi connectivity index (χ2v) is 8.34. The minimum Gasteiger partial charge on any atom is -0.481 e. The third kappa shape index (κ3) is 16.1. The lowest BCUT2D eigenvalue weighted by molar-refractivity contribution is -0.136. The molecule has 0 heterocycles. The van der Waals surface area contributed by atoms with Crippen molar-refractivity contribution in [3.05, 3.63) is 11.6 Å². The van der Waals surface area contributed by atoms with Gasteiger partial charge in [0.2, 0.25) is 0 Å². The fraction of sp³-hybridized carbons (Fsp3) is 0.864. The summed E-state index contributed by atoms with van der Waals surface area (Å²) >= 11 is 0. The molecule has 0 spiro atoms. The molecule has 0 amide bonds. The first-order chi connectivity index (χ1) is 11.3. The van der Waals surface area contributed by atoms with Gasteiger partial charge in [-0.1, -0.05) is 84.3 Å².